The quantitative estimate of drug-likeness (QED) is 0.486. The smallest absolute Gasteiger partial charge is 0.277 e. The van der Waals surface area contributed by atoms with Gasteiger partial charge in [0, 0.05) is 33.9 Å². The number of methoxy groups -OCH3 is 2. The maximum Gasteiger partial charge on any atom is 0.277 e. The van der Waals surface area contributed by atoms with Gasteiger partial charge >= 0.3 is 0 Å². The van der Waals surface area contributed by atoms with Crippen LogP contribution >= 0.6 is 0 Å². The van der Waals surface area contributed by atoms with Gasteiger partial charge in [0.1, 0.15) is 11.4 Å². The first-order chi connectivity index (χ1) is 14.3. The average Bonchev–Trinajstić information content (AvgIpc) is 2.93. The molecule has 1 heterocycles. The molecule has 7 heteroatoms. The van der Waals surface area contributed by atoms with Crippen molar-refractivity contribution in [1.82, 2.24) is 9.80 Å². The minimum Gasteiger partial charge on any atom is -0.491 e. The van der Waals surface area contributed by atoms with Crippen molar-refractivity contribution in [3.8, 4) is 5.75 Å². The lowest BCUT2D eigenvalue weighted by Gasteiger charge is -2.26. The van der Waals surface area contributed by atoms with E-state index in [1.165, 1.54) is 4.90 Å². The molecule has 0 bridgehead atoms. The molecule has 0 radical (unpaired) electrons. The molecule has 1 aromatic rings. The van der Waals surface area contributed by atoms with E-state index >= 15 is 0 Å². The highest BCUT2D eigenvalue weighted by molar-refractivity contribution is 6.35. The van der Waals surface area contributed by atoms with Crippen LogP contribution in [0.4, 0.5) is 0 Å². The van der Waals surface area contributed by atoms with Gasteiger partial charge in [0.05, 0.1) is 24.9 Å². The first-order valence-corrected chi connectivity index (χ1v) is 10.4. The number of rotatable bonds is 12. The molecule has 2 amide bonds. The van der Waals surface area contributed by atoms with E-state index in [2.05, 4.69) is 0 Å². The highest BCUT2D eigenvalue weighted by atomic mass is 16.5. The topological polar surface area (TPSA) is 68.3 Å². The first-order valence-electron chi connectivity index (χ1n) is 10.4. The summed E-state index contributed by atoms with van der Waals surface area (Å²) in [6, 6.07) is 7.33. The second-order valence-electron chi connectivity index (χ2n) is 8.00. The van der Waals surface area contributed by atoms with Gasteiger partial charge in [0.2, 0.25) is 0 Å². The zero-order valence-electron chi connectivity index (χ0n) is 18.9. The van der Waals surface area contributed by atoms with E-state index in [4.69, 9.17) is 14.2 Å². The third-order valence-electron chi connectivity index (χ3n) is 4.65. The lowest BCUT2D eigenvalue weighted by molar-refractivity contribution is -0.138. The molecule has 30 heavy (non-hydrogen) atoms. The summed E-state index contributed by atoms with van der Waals surface area (Å²) < 4.78 is 16.2. The Labute approximate surface area is 179 Å². The Hall–Kier alpha value is -2.38. The molecule has 0 aliphatic carbocycles. The van der Waals surface area contributed by atoms with Crippen molar-refractivity contribution in [3.05, 3.63) is 35.5 Å². The van der Waals surface area contributed by atoms with Crippen LogP contribution in [0, 0.1) is 5.92 Å². The standard InChI is InChI=1S/C23H34N2O5/c1-16(2)15-25-22(26)20(18-7-9-19(10-8-18)30-17(3)4)21(23(25)27)24(11-13-28-5)12-14-29-6/h7-10,16-17H,11-15H2,1-6H3. The second-order valence-corrected chi connectivity index (χ2v) is 8.00. The fourth-order valence-electron chi connectivity index (χ4n) is 3.36. The van der Waals surface area contributed by atoms with Crippen molar-refractivity contribution in [3.63, 3.8) is 0 Å². The zero-order chi connectivity index (χ0) is 22.3. The lowest BCUT2D eigenvalue weighted by atomic mass is 10.0. The number of imide groups is 1. The summed E-state index contributed by atoms with van der Waals surface area (Å²) in [5, 5.41) is 0. The van der Waals surface area contributed by atoms with Crippen molar-refractivity contribution in [2.45, 2.75) is 33.8 Å². The normalized spacial score (nSPS) is 14.5. The molecule has 0 saturated carbocycles. The Balaban J connectivity index is 2.50. The number of ether oxygens (including phenoxy) is 3. The van der Waals surface area contributed by atoms with Crippen LogP contribution in [0.3, 0.4) is 0 Å². The van der Waals surface area contributed by atoms with Gasteiger partial charge in [-0.2, -0.15) is 0 Å². The largest absolute Gasteiger partial charge is 0.491 e. The summed E-state index contributed by atoms with van der Waals surface area (Å²) >= 11 is 0. The van der Waals surface area contributed by atoms with Crippen molar-refractivity contribution in [2.75, 3.05) is 47.1 Å². The molecule has 0 N–H and O–H groups in total. The fraction of sp³-hybridized carbons (Fsp3) is 0.565. The minimum absolute atomic E-state index is 0.0560. The summed E-state index contributed by atoms with van der Waals surface area (Å²) in [6.45, 7) is 10.1. The second kappa shape index (κ2) is 11.1. The lowest BCUT2D eigenvalue weighted by Crippen LogP contribution is -2.39. The van der Waals surface area contributed by atoms with E-state index in [-0.39, 0.29) is 23.8 Å². The van der Waals surface area contributed by atoms with Gasteiger partial charge in [-0.25, -0.2) is 0 Å². The molecule has 166 valence electrons. The number of hydrogen-bond donors (Lipinski definition) is 0. The highest BCUT2D eigenvalue weighted by Gasteiger charge is 2.41. The van der Waals surface area contributed by atoms with E-state index in [1.807, 2.05) is 56.9 Å². The van der Waals surface area contributed by atoms with Crippen LogP contribution < -0.4 is 4.74 Å². The molecule has 0 atom stereocenters. The van der Waals surface area contributed by atoms with E-state index < -0.39 is 0 Å². The summed E-state index contributed by atoms with van der Waals surface area (Å²) in [6.07, 6.45) is 0.0560. The van der Waals surface area contributed by atoms with Gasteiger partial charge < -0.3 is 19.1 Å². The summed E-state index contributed by atoms with van der Waals surface area (Å²) in [4.78, 5) is 29.9. The summed E-state index contributed by atoms with van der Waals surface area (Å²) in [5.74, 6) is 0.369. The van der Waals surface area contributed by atoms with Crippen LogP contribution in [0.2, 0.25) is 0 Å². The van der Waals surface area contributed by atoms with Gasteiger partial charge in [-0.1, -0.05) is 26.0 Å². The first kappa shape index (κ1) is 23.9. The molecule has 1 aliphatic rings. The SMILES string of the molecule is COCCN(CCOC)C1=C(c2ccc(OC(C)C)cc2)C(=O)N(CC(C)C)C1=O. The van der Waals surface area contributed by atoms with Gasteiger partial charge in [0.25, 0.3) is 11.8 Å². The molecule has 1 aromatic carbocycles. The number of amides is 2. The Morgan fingerprint density at radius 2 is 1.47 bits per heavy atom. The molecule has 0 saturated heterocycles. The van der Waals surface area contributed by atoms with Crippen molar-refractivity contribution in [1.29, 1.82) is 0 Å². The van der Waals surface area contributed by atoms with E-state index in [0.717, 1.165) is 5.75 Å². The van der Waals surface area contributed by atoms with Crippen LogP contribution in [-0.4, -0.2) is 74.8 Å². The zero-order valence-corrected chi connectivity index (χ0v) is 18.9. The third kappa shape index (κ3) is 5.83. The Kier molecular flexibility index (Phi) is 8.87. The maximum absolute atomic E-state index is 13.3. The predicted molar refractivity (Wildman–Crippen MR) is 116 cm³/mol. The molecule has 0 fully saturated rings. The van der Waals surface area contributed by atoms with Gasteiger partial charge in [-0.15, -0.1) is 0 Å². The predicted octanol–water partition coefficient (Wildman–Crippen LogP) is 2.80. The fourth-order valence-corrected chi connectivity index (χ4v) is 3.36. The summed E-state index contributed by atoms with van der Waals surface area (Å²) in [5.41, 5.74) is 1.53. The number of carbonyl (C=O) groups excluding carboxylic acids is 2. The average molecular weight is 419 g/mol. The Bertz CT molecular complexity index is 747. The monoisotopic (exact) mass is 418 g/mol. The molecular formula is C23H34N2O5. The van der Waals surface area contributed by atoms with E-state index in [0.29, 0.717) is 49.7 Å². The Morgan fingerprint density at radius 1 is 0.900 bits per heavy atom. The number of hydrogen-bond acceptors (Lipinski definition) is 6. The minimum atomic E-state index is -0.265. The number of benzene rings is 1. The Morgan fingerprint density at radius 3 is 1.93 bits per heavy atom. The van der Waals surface area contributed by atoms with Crippen LogP contribution in [-0.2, 0) is 19.1 Å². The summed E-state index contributed by atoms with van der Waals surface area (Å²) in [7, 11) is 3.23. The van der Waals surface area contributed by atoms with Crippen LogP contribution in [0.15, 0.2) is 30.0 Å². The highest BCUT2D eigenvalue weighted by Crippen LogP contribution is 2.33. The van der Waals surface area contributed by atoms with Gasteiger partial charge in [-0.05, 0) is 37.5 Å². The maximum atomic E-state index is 13.3. The van der Waals surface area contributed by atoms with Gasteiger partial charge in [-0.3, -0.25) is 14.5 Å². The van der Waals surface area contributed by atoms with Crippen LogP contribution in [0.25, 0.3) is 5.57 Å². The van der Waals surface area contributed by atoms with Crippen molar-refractivity contribution < 1.29 is 23.8 Å². The molecular weight excluding hydrogens is 384 g/mol. The molecule has 0 aromatic heterocycles. The molecule has 7 nitrogen and oxygen atoms in total. The van der Waals surface area contributed by atoms with E-state index in [9.17, 15) is 9.59 Å². The molecule has 1 aliphatic heterocycles. The number of carbonyl (C=O) groups is 2. The van der Waals surface area contributed by atoms with Crippen molar-refractivity contribution in [2.24, 2.45) is 5.92 Å². The van der Waals surface area contributed by atoms with Crippen molar-refractivity contribution >= 4 is 17.4 Å². The van der Waals surface area contributed by atoms with Crippen LogP contribution in [0.5, 0.6) is 5.75 Å². The van der Waals surface area contributed by atoms with Gasteiger partial charge in [0.15, 0.2) is 0 Å². The molecule has 0 spiro atoms. The number of nitrogens with zero attached hydrogens (tertiary/aromatic N) is 2. The van der Waals surface area contributed by atoms with E-state index in [1.54, 1.807) is 14.2 Å². The van der Waals surface area contributed by atoms with Crippen LogP contribution in [0.1, 0.15) is 33.3 Å². The molecule has 0 unspecified atom stereocenters. The third-order valence-corrected chi connectivity index (χ3v) is 4.65. The molecule has 2 rings (SSSR count).